The summed E-state index contributed by atoms with van der Waals surface area (Å²) in [5.74, 6) is 0. The minimum Gasteiger partial charge on any atom is -0.392 e. The van der Waals surface area contributed by atoms with Crippen LogP contribution in [0.15, 0.2) is 23.1 Å². The fraction of sp³-hybridized carbons (Fsp3) is 0.600. The molecule has 0 heterocycles. The molecule has 1 aromatic carbocycles. The second-order valence-corrected chi connectivity index (χ2v) is 8.19. The van der Waals surface area contributed by atoms with Gasteiger partial charge in [0.25, 0.3) is 0 Å². The highest BCUT2D eigenvalue weighted by Gasteiger charge is 2.33. The highest BCUT2D eigenvalue weighted by molar-refractivity contribution is 7.89. The normalized spacial score (nSPS) is 22.1. The molecule has 2 rings (SSSR count). The average Bonchev–Trinajstić information content (AvgIpc) is 2.68. The van der Waals surface area contributed by atoms with Gasteiger partial charge in [-0.1, -0.05) is 19.9 Å². The van der Waals surface area contributed by atoms with Gasteiger partial charge >= 0.3 is 0 Å². The smallest absolute Gasteiger partial charge is 0.240 e. The maximum atomic E-state index is 12.4. The maximum Gasteiger partial charge on any atom is 0.240 e. The van der Waals surface area contributed by atoms with Crippen molar-refractivity contribution in [3.63, 3.8) is 0 Å². The number of aliphatic hydroxyl groups is 1. The van der Waals surface area contributed by atoms with Gasteiger partial charge < -0.3 is 5.11 Å². The molecule has 1 aliphatic rings. The summed E-state index contributed by atoms with van der Waals surface area (Å²) >= 11 is 0. The molecule has 1 unspecified atom stereocenters. The van der Waals surface area contributed by atoms with E-state index in [0.29, 0.717) is 5.56 Å². The van der Waals surface area contributed by atoms with E-state index >= 15 is 0 Å². The molecular formula is C15H23NO3S. The number of aryl methyl sites for hydroxylation is 1. The van der Waals surface area contributed by atoms with Crippen LogP contribution in [-0.2, 0) is 16.6 Å². The Morgan fingerprint density at radius 3 is 2.65 bits per heavy atom. The Labute approximate surface area is 121 Å². The predicted octanol–water partition coefficient (Wildman–Crippen LogP) is 2.34. The zero-order chi connectivity index (χ0) is 15.0. The van der Waals surface area contributed by atoms with Crippen LogP contribution in [0.5, 0.6) is 0 Å². The van der Waals surface area contributed by atoms with Crippen LogP contribution < -0.4 is 4.72 Å². The summed E-state index contributed by atoms with van der Waals surface area (Å²) in [6, 6.07) is 4.89. The SMILES string of the molecule is Cc1ccc(S(=O)(=O)NC2CCC(C)(C)C2)cc1CO. The third-order valence-electron chi connectivity index (χ3n) is 4.09. The van der Waals surface area contributed by atoms with E-state index in [1.807, 2.05) is 6.92 Å². The molecule has 0 radical (unpaired) electrons. The van der Waals surface area contributed by atoms with Crippen molar-refractivity contribution in [1.82, 2.24) is 4.72 Å². The zero-order valence-electron chi connectivity index (χ0n) is 12.3. The molecule has 112 valence electrons. The van der Waals surface area contributed by atoms with Crippen LogP contribution in [-0.4, -0.2) is 19.6 Å². The van der Waals surface area contributed by atoms with E-state index in [0.717, 1.165) is 24.8 Å². The lowest BCUT2D eigenvalue weighted by molar-refractivity contribution is 0.280. The van der Waals surface area contributed by atoms with Crippen molar-refractivity contribution in [2.24, 2.45) is 5.41 Å². The van der Waals surface area contributed by atoms with Gasteiger partial charge in [-0.15, -0.1) is 0 Å². The van der Waals surface area contributed by atoms with Crippen LogP contribution in [0.25, 0.3) is 0 Å². The van der Waals surface area contributed by atoms with E-state index in [-0.39, 0.29) is 23.0 Å². The lowest BCUT2D eigenvalue weighted by Gasteiger charge is -2.18. The minimum absolute atomic E-state index is 0.00822. The first kappa shape index (κ1) is 15.5. The van der Waals surface area contributed by atoms with E-state index in [1.165, 1.54) is 0 Å². The fourth-order valence-corrected chi connectivity index (χ4v) is 4.13. The molecule has 20 heavy (non-hydrogen) atoms. The second kappa shape index (κ2) is 5.47. The predicted molar refractivity (Wildman–Crippen MR) is 78.8 cm³/mol. The summed E-state index contributed by atoms with van der Waals surface area (Å²) in [7, 11) is -3.50. The third-order valence-corrected chi connectivity index (χ3v) is 5.61. The fourth-order valence-electron chi connectivity index (χ4n) is 2.81. The third kappa shape index (κ3) is 3.40. The Kier molecular flexibility index (Phi) is 4.23. The molecule has 0 amide bonds. The number of aliphatic hydroxyl groups excluding tert-OH is 1. The highest BCUT2D eigenvalue weighted by atomic mass is 32.2. The van der Waals surface area contributed by atoms with Gasteiger partial charge in [0, 0.05) is 6.04 Å². The van der Waals surface area contributed by atoms with Gasteiger partial charge in [0.2, 0.25) is 10.0 Å². The van der Waals surface area contributed by atoms with E-state index in [9.17, 15) is 13.5 Å². The van der Waals surface area contributed by atoms with Crippen LogP contribution in [0.2, 0.25) is 0 Å². The molecule has 1 aliphatic carbocycles. The van der Waals surface area contributed by atoms with Crippen LogP contribution >= 0.6 is 0 Å². The second-order valence-electron chi connectivity index (χ2n) is 6.47. The number of hydrogen-bond donors (Lipinski definition) is 2. The number of rotatable bonds is 4. The van der Waals surface area contributed by atoms with Gasteiger partial charge in [-0.25, -0.2) is 13.1 Å². The summed E-state index contributed by atoms with van der Waals surface area (Å²) in [5.41, 5.74) is 1.75. The molecule has 1 aromatic rings. The Hall–Kier alpha value is -0.910. The molecule has 4 nitrogen and oxygen atoms in total. The molecule has 0 saturated heterocycles. The first-order valence-electron chi connectivity index (χ1n) is 6.96. The van der Waals surface area contributed by atoms with Crippen molar-refractivity contribution < 1.29 is 13.5 Å². The standard InChI is InChI=1S/C15H23NO3S/c1-11-4-5-14(8-12(11)10-17)20(18,19)16-13-6-7-15(2,3)9-13/h4-5,8,13,16-17H,6-7,9-10H2,1-3H3. The molecule has 5 heteroatoms. The van der Waals surface area contributed by atoms with Gasteiger partial charge in [0.05, 0.1) is 11.5 Å². The number of benzene rings is 1. The van der Waals surface area contributed by atoms with Crippen molar-refractivity contribution in [2.45, 2.75) is 57.6 Å². The number of sulfonamides is 1. The Morgan fingerprint density at radius 1 is 1.40 bits per heavy atom. The first-order chi connectivity index (χ1) is 9.23. The topological polar surface area (TPSA) is 66.4 Å². The van der Waals surface area contributed by atoms with Crippen LogP contribution in [0.1, 0.15) is 44.2 Å². The Morgan fingerprint density at radius 2 is 2.10 bits per heavy atom. The molecule has 2 N–H and O–H groups in total. The van der Waals surface area contributed by atoms with E-state index in [4.69, 9.17) is 0 Å². The molecule has 1 atom stereocenters. The quantitative estimate of drug-likeness (QED) is 0.896. The van der Waals surface area contributed by atoms with Crippen molar-refractivity contribution in [2.75, 3.05) is 0 Å². The summed E-state index contributed by atoms with van der Waals surface area (Å²) in [6.07, 6.45) is 2.78. The Bertz CT molecular complexity index is 593. The minimum atomic E-state index is -3.50. The monoisotopic (exact) mass is 297 g/mol. The summed E-state index contributed by atoms with van der Waals surface area (Å²) in [4.78, 5) is 0.233. The summed E-state index contributed by atoms with van der Waals surface area (Å²) in [6.45, 7) is 6.04. The number of hydrogen-bond acceptors (Lipinski definition) is 3. The summed E-state index contributed by atoms with van der Waals surface area (Å²) < 4.78 is 27.6. The van der Waals surface area contributed by atoms with Gasteiger partial charge in [-0.3, -0.25) is 0 Å². The van der Waals surface area contributed by atoms with Gasteiger partial charge in [-0.05, 0) is 54.9 Å². The van der Waals surface area contributed by atoms with Crippen molar-refractivity contribution in [3.05, 3.63) is 29.3 Å². The van der Waals surface area contributed by atoms with Gasteiger partial charge in [0.1, 0.15) is 0 Å². The van der Waals surface area contributed by atoms with E-state index in [2.05, 4.69) is 18.6 Å². The average molecular weight is 297 g/mol. The summed E-state index contributed by atoms with van der Waals surface area (Å²) in [5, 5.41) is 9.25. The molecule has 0 bridgehead atoms. The van der Waals surface area contributed by atoms with E-state index in [1.54, 1.807) is 18.2 Å². The maximum absolute atomic E-state index is 12.4. The van der Waals surface area contributed by atoms with E-state index < -0.39 is 10.0 Å². The molecular weight excluding hydrogens is 274 g/mol. The molecule has 0 aliphatic heterocycles. The first-order valence-corrected chi connectivity index (χ1v) is 8.44. The molecule has 0 spiro atoms. The molecule has 1 saturated carbocycles. The van der Waals surface area contributed by atoms with Crippen molar-refractivity contribution >= 4 is 10.0 Å². The van der Waals surface area contributed by atoms with Crippen molar-refractivity contribution in [3.8, 4) is 0 Å². The lowest BCUT2D eigenvalue weighted by Crippen LogP contribution is -2.33. The zero-order valence-corrected chi connectivity index (χ0v) is 13.1. The molecule has 0 aromatic heterocycles. The Balaban J connectivity index is 2.19. The lowest BCUT2D eigenvalue weighted by atomic mass is 9.92. The highest BCUT2D eigenvalue weighted by Crippen LogP contribution is 2.37. The number of nitrogens with one attached hydrogen (secondary N) is 1. The van der Waals surface area contributed by atoms with Crippen LogP contribution in [0.3, 0.4) is 0 Å². The van der Waals surface area contributed by atoms with Gasteiger partial charge in [0.15, 0.2) is 0 Å². The van der Waals surface area contributed by atoms with Crippen LogP contribution in [0, 0.1) is 12.3 Å². The van der Waals surface area contributed by atoms with Crippen LogP contribution in [0.4, 0.5) is 0 Å². The molecule has 1 fully saturated rings. The van der Waals surface area contributed by atoms with Gasteiger partial charge in [-0.2, -0.15) is 0 Å². The largest absolute Gasteiger partial charge is 0.392 e. The van der Waals surface area contributed by atoms with Crippen molar-refractivity contribution in [1.29, 1.82) is 0 Å².